The normalized spacial score (nSPS) is 11.0. The maximum Gasteiger partial charge on any atom is 0.283 e. The highest BCUT2D eigenvalue weighted by molar-refractivity contribution is 7.99. The van der Waals surface area contributed by atoms with E-state index in [9.17, 15) is 9.59 Å². The molecule has 0 aliphatic carbocycles. The molecular formula is C26H28N4O4S. The first-order chi connectivity index (χ1) is 16.9. The van der Waals surface area contributed by atoms with Crippen LogP contribution in [0.1, 0.15) is 16.8 Å². The zero-order chi connectivity index (χ0) is 24.9. The van der Waals surface area contributed by atoms with Crippen LogP contribution in [-0.4, -0.2) is 47.0 Å². The van der Waals surface area contributed by atoms with Gasteiger partial charge in [-0.3, -0.25) is 14.2 Å². The smallest absolute Gasteiger partial charge is 0.283 e. The van der Waals surface area contributed by atoms with Crippen molar-refractivity contribution >= 4 is 28.7 Å². The highest BCUT2D eigenvalue weighted by Gasteiger charge is 2.16. The number of hydrogen-bond donors (Lipinski definition) is 2. The maximum absolute atomic E-state index is 13.3. The minimum absolute atomic E-state index is 0.134. The third kappa shape index (κ3) is 5.51. The maximum atomic E-state index is 13.3. The minimum Gasteiger partial charge on any atom is -0.493 e. The van der Waals surface area contributed by atoms with E-state index in [4.69, 9.17) is 9.47 Å². The molecule has 2 heterocycles. The molecule has 2 aromatic heterocycles. The van der Waals surface area contributed by atoms with E-state index in [-0.39, 0.29) is 17.2 Å². The van der Waals surface area contributed by atoms with Crippen molar-refractivity contribution in [3.8, 4) is 17.2 Å². The van der Waals surface area contributed by atoms with E-state index >= 15 is 0 Å². The second-order valence-corrected chi connectivity index (χ2v) is 9.10. The Morgan fingerprint density at radius 3 is 2.51 bits per heavy atom. The Morgan fingerprint density at radius 2 is 1.80 bits per heavy atom. The molecule has 0 unspecified atom stereocenters. The lowest BCUT2D eigenvalue weighted by Gasteiger charge is -2.13. The zero-order valence-corrected chi connectivity index (χ0v) is 21.0. The van der Waals surface area contributed by atoms with E-state index in [1.165, 1.54) is 11.8 Å². The summed E-state index contributed by atoms with van der Waals surface area (Å²) < 4.78 is 12.2. The van der Waals surface area contributed by atoms with Gasteiger partial charge in [0.25, 0.3) is 5.56 Å². The average molecular weight is 493 g/mol. The van der Waals surface area contributed by atoms with Crippen molar-refractivity contribution in [3.63, 3.8) is 0 Å². The summed E-state index contributed by atoms with van der Waals surface area (Å²) in [6, 6.07) is 15.2. The Balaban J connectivity index is 1.46. The number of thioether (sulfide) groups is 1. The van der Waals surface area contributed by atoms with Gasteiger partial charge in [0.15, 0.2) is 16.7 Å². The van der Waals surface area contributed by atoms with Crippen LogP contribution in [0, 0.1) is 13.8 Å². The number of hydrogen-bond acceptors (Lipinski definition) is 6. The molecule has 2 N–H and O–H groups in total. The number of H-pyrrole nitrogens is 1. The number of ether oxygens (including phenoxy) is 2. The van der Waals surface area contributed by atoms with Crippen molar-refractivity contribution in [1.29, 1.82) is 0 Å². The SMILES string of the molecule is COc1ccc(CCNC(=O)CSc2nc3cc(C)[nH]c3c(=O)n2-c2ccc(C)cc2)cc1OC. The van der Waals surface area contributed by atoms with Gasteiger partial charge in [0.1, 0.15) is 5.52 Å². The number of aromatic nitrogens is 3. The molecule has 9 heteroatoms. The number of rotatable bonds is 9. The van der Waals surface area contributed by atoms with Crippen LogP contribution in [-0.2, 0) is 11.2 Å². The Morgan fingerprint density at radius 1 is 1.06 bits per heavy atom. The lowest BCUT2D eigenvalue weighted by Crippen LogP contribution is -2.28. The molecule has 4 aromatic rings. The molecule has 0 aliphatic rings. The molecule has 2 aromatic carbocycles. The third-order valence-electron chi connectivity index (χ3n) is 5.56. The number of carbonyl (C=O) groups excluding carboxylic acids is 1. The van der Waals surface area contributed by atoms with Gasteiger partial charge < -0.3 is 19.8 Å². The van der Waals surface area contributed by atoms with E-state index in [0.717, 1.165) is 16.8 Å². The topological polar surface area (TPSA) is 98.2 Å². The van der Waals surface area contributed by atoms with Gasteiger partial charge in [-0.25, -0.2) is 4.98 Å². The summed E-state index contributed by atoms with van der Waals surface area (Å²) in [5, 5.41) is 3.41. The van der Waals surface area contributed by atoms with Gasteiger partial charge in [-0.15, -0.1) is 0 Å². The molecular weight excluding hydrogens is 464 g/mol. The number of fused-ring (bicyclic) bond motifs is 1. The molecule has 0 saturated carbocycles. The Kier molecular flexibility index (Phi) is 7.45. The number of nitrogens with zero attached hydrogens (tertiary/aromatic N) is 2. The van der Waals surface area contributed by atoms with E-state index in [1.807, 2.05) is 62.4 Å². The molecule has 182 valence electrons. The number of methoxy groups -OCH3 is 2. The van der Waals surface area contributed by atoms with Gasteiger partial charge >= 0.3 is 0 Å². The predicted molar refractivity (Wildman–Crippen MR) is 138 cm³/mol. The van der Waals surface area contributed by atoms with Crippen molar-refractivity contribution in [1.82, 2.24) is 19.9 Å². The Bertz CT molecular complexity index is 1410. The summed E-state index contributed by atoms with van der Waals surface area (Å²) in [5.41, 5.74) is 4.53. The second-order valence-electron chi connectivity index (χ2n) is 8.16. The summed E-state index contributed by atoms with van der Waals surface area (Å²) in [7, 11) is 3.19. The fraction of sp³-hybridized carbons (Fsp3) is 0.269. The molecule has 0 fully saturated rings. The van der Waals surface area contributed by atoms with Gasteiger partial charge in [-0.2, -0.15) is 0 Å². The summed E-state index contributed by atoms with van der Waals surface area (Å²) in [6.45, 7) is 4.35. The van der Waals surface area contributed by atoms with Crippen LogP contribution in [0.3, 0.4) is 0 Å². The van der Waals surface area contributed by atoms with E-state index in [2.05, 4.69) is 15.3 Å². The second kappa shape index (κ2) is 10.7. The van der Waals surface area contributed by atoms with E-state index < -0.39 is 0 Å². The monoisotopic (exact) mass is 492 g/mol. The predicted octanol–water partition coefficient (Wildman–Crippen LogP) is 3.80. The van der Waals surface area contributed by atoms with Crippen molar-refractivity contribution in [3.05, 3.63) is 75.7 Å². The molecule has 0 atom stereocenters. The number of carbonyl (C=O) groups is 1. The summed E-state index contributed by atoms with van der Waals surface area (Å²) in [4.78, 5) is 33.6. The quantitative estimate of drug-likeness (QED) is 0.272. The number of nitrogens with one attached hydrogen (secondary N) is 2. The minimum atomic E-state index is -0.191. The van der Waals surface area contributed by atoms with Crippen molar-refractivity contribution in [2.45, 2.75) is 25.4 Å². The van der Waals surface area contributed by atoms with Crippen molar-refractivity contribution in [2.75, 3.05) is 26.5 Å². The average Bonchev–Trinajstić information content (AvgIpc) is 3.24. The first-order valence-corrected chi connectivity index (χ1v) is 12.2. The van der Waals surface area contributed by atoms with Crippen LogP contribution in [0.5, 0.6) is 11.5 Å². The van der Waals surface area contributed by atoms with Crippen molar-refractivity contribution in [2.24, 2.45) is 0 Å². The largest absolute Gasteiger partial charge is 0.493 e. The fourth-order valence-electron chi connectivity index (χ4n) is 3.76. The highest BCUT2D eigenvalue weighted by Crippen LogP contribution is 2.27. The molecule has 0 bridgehead atoms. The molecule has 0 aliphatic heterocycles. The highest BCUT2D eigenvalue weighted by atomic mass is 32.2. The summed E-state index contributed by atoms with van der Waals surface area (Å²) >= 11 is 1.24. The zero-order valence-electron chi connectivity index (χ0n) is 20.2. The van der Waals surface area contributed by atoms with Crippen LogP contribution < -0.4 is 20.3 Å². The van der Waals surface area contributed by atoms with Gasteiger partial charge in [0.05, 0.1) is 31.2 Å². The third-order valence-corrected chi connectivity index (χ3v) is 6.50. The van der Waals surface area contributed by atoms with Crippen LogP contribution in [0.15, 0.2) is 58.5 Å². The molecule has 4 rings (SSSR count). The molecule has 35 heavy (non-hydrogen) atoms. The van der Waals surface area contributed by atoms with Gasteiger partial charge in [-0.1, -0.05) is 35.5 Å². The fourth-order valence-corrected chi connectivity index (χ4v) is 4.60. The first-order valence-electron chi connectivity index (χ1n) is 11.2. The molecule has 0 saturated heterocycles. The lowest BCUT2D eigenvalue weighted by atomic mass is 10.1. The standard InChI is InChI=1S/C26H28N4O4S/c1-16-5-8-19(9-6-16)30-25(32)24-20(13-17(2)28-24)29-26(30)35-15-23(31)27-12-11-18-7-10-21(33-3)22(14-18)34-4/h5-10,13-14,28H,11-12,15H2,1-4H3,(H,27,31). The van der Waals surface area contributed by atoms with Gasteiger partial charge in [0, 0.05) is 12.2 Å². The Labute approximate surface area is 207 Å². The molecule has 0 spiro atoms. The number of aromatic amines is 1. The van der Waals surface area contributed by atoms with Gasteiger partial charge in [0.2, 0.25) is 5.91 Å². The lowest BCUT2D eigenvalue weighted by molar-refractivity contribution is -0.118. The number of amides is 1. The first kappa shape index (κ1) is 24.4. The van der Waals surface area contributed by atoms with Crippen LogP contribution >= 0.6 is 11.8 Å². The molecule has 1 amide bonds. The summed E-state index contributed by atoms with van der Waals surface area (Å²) in [6.07, 6.45) is 0.650. The number of benzene rings is 2. The molecule has 8 nitrogen and oxygen atoms in total. The van der Waals surface area contributed by atoms with E-state index in [1.54, 1.807) is 18.8 Å². The van der Waals surface area contributed by atoms with Crippen LogP contribution in [0.25, 0.3) is 16.7 Å². The van der Waals surface area contributed by atoms with Crippen LogP contribution in [0.4, 0.5) is 0 Å². The molecule has 0 radical (unpaired) electrons. The Hall–Kier alpha value is -3.72. The summed E-state index contributed by atoms with van der Waals surface area (Å²) in [5.74, 6) is 1.32. The van der Waals surface area contributed by atoms with E-state index in [0.29, 0.717) is 46.3 Å². The van der Waals surface area contributed by atoms with Gasteiger partial charge in [-0.05, 0) is 56.2 Å². The number of aryl methyl sites for hydroxylation is 2. The van der Waals surface area contributed by atoms with Crippen molar-refractivity contribution < 1.29 is 14.3 Å². The van der Waals surface area contributed by atoms with Crippen LogP contribution in [0.2, 0.25) is 0 Å².